The molecule has 4 nitrogen and oxygen atoms in total. The lowest BCUT2D eigenvalue weighted by atomic mass is 9.67. The van der Waals surface area contributed by atoms with Gasteiger partial charge in [0.15, 0.2) is 0 Å². The van der Waals surface area contributed by atoms with E-state index in [0.717, 1.165) is 37.8 Å². The Labute approximate surface area is 235 Å². The first-order valence-electron chi connectivity index (χ1n) is 14.8. The summed E-state index contributed by atoms with van der Waals surface area (Å²) in [5, 5.41) is 0. The summed E-state index contributed by atoms with van der Waals surface area (Å²) in [6.45, 7) is 8.44. The van der Waals surface area contributed by atoms with Crippen LogP contribution in [0.4, 0.5) is 0 Å². The molecule has 0 N–H and O–H groups in total. The minimum atomic E-state index is 0.0908. The Bertz CT molecular complexity index is 1110. The van der Waals surface area contributed by atoms with Gasteiger partial charge in [-0.05, 0) is 97.8 Å². The zero-order chi connectivity index (χ0) is 27.1. The number of piperidine rings is 1. The molecule has 39 heavy (non-hydrogen) atoms. The average Bonchev–Trinajstić information content (AvgIpc) is 3.79. The number of ether oxygens (including phenoxy) is 2. The Morgan fingerprint density at radius 3 is 2.03 bits per heavy atom. The van der Waals surface area contributed by atoms with Crippen molar-refractivity contribution in [3.8, 4) is 5.75 Å². The molecule has 2 fully saturated rings. The smallest absolute Gasteiger partial charge is 0.119 e. The summed E-state index contributed by atoms with van der Waals surface area (Å²) in [6, 6.07) is 28.8. The van der Waals surface area contributed by atoms with Crippen LogP contribution in [0, 0.1) is 12.8 Å². The zero-order valence-electron chi connectivity index (χ0n) is 24.1. The molecule has 1 saturated carbocycles. The summed E-state index contributed by atoms with van der Waals surface area (Å²) in [7, 11) is 3.65. The second-order valence-electron chi connectivity index (χ2n) is 11.9. The highest BCUT2D eigenvalue weighted by atomic mass is 16.5. The minimum absolute atomic E-state index is 0.0908. The Morgan fingerprint density at radius 1 is 0.872 bits per heavy atom. The molecular formula is C35H46N2O2. The van der Waals surface area contributed by atoms with E-state index in [1.54, 1.807) is 7.11 Å². The highest BCUT2D eigenvalue weighted by Gasteiger charge is 2.41. The van der Waals surface area contributed by atoms with Gasteiger partial charge in [-0.25, -0.2) is 0 Å². The number of methoxy groups -OCH3 is 2. The summed E-state index contributed by atoms with van der Waals surface area (Å²) in [5.41, 5.74) is 5.63. The van der Waals surface area contributed by atoms with Gasteiger partial charge >= 0.3 is 0 Å². The third-order valence-corrected chi connectivity index (χ3v) is 9.00. The van der Waals surface area contributed by atoms with E-state index < -0.39 is 0 Å². The lowest BCUT2D eigenvalue weighted by Gasteiger charge is -2.46. The van der Waals surface area contributed by atoms with E-state index in [0.29, 0.717) is 0 Å². The van der Waals surface area contributed by atoms with Gasteiger partial charge in [0.1, 0.15) is 5.75 Å². The molecule has 1 heterocycles. The van der Waals surface area contributed by atoms with Crippen molar-refractivity contribution < 1.29 is 9.47 Å². The molecule has 0 bridgehead atoms. The molecule has 3 aromatic rings. The summed E-state index contributed by atoms with van der Waals surface area (Å²) >= 11 is 0. The number of nitrogens with zero attached hydrogens (tertiary/aromatic N) is 2. The van der Waals surface area contributed by atoms with Crippen LogP contribution in [0.2, 0.25) is 0 Å². The lowest BCUT2D eigenvalue weighted by Crippen LogP contribution is -2.49. The van der Waals surface area contributed by atoms with Crippen molar-refractivity contribution in [3.05, 3.63) is 101 Å². The standard InChI is InChI=1S/C35H46N2O2/c1-28-14-17-33(39-3)22-34(28)35(18-20-36(21-19-35)24-31-15-16-31)23-32(27-38-2)37(25-29-10-6-4-7-11-29)26-30-12-8-5-9-13-30/h4-14,17,22,31-32H,15-16,18-21,23-27H2,1-3H3. The molecule has 0 aromatic heterocycles. The van der Waals surface area contributed by atoms with Crippen molar-refractivity contribution in [2.45, 2.75) is 63.6 Å². The SMILES string of the molecule is COCC(CC1(c2cc(OC)ccc2C)CCN(CC2CC2)CC1)N(Cc1ccccc1)Cc1ccccc1. The molecule has 1 unspecified atom stereocenters. The second kappa shape index (κ2) is 13.1. The third kappa shape index (κ3) is 7.30. The molecule has 4 heteroatoms. The molecule has 0 amide bonds. The number of rotatable bonds is 13. The fourth-order valence-electron chi connectivity index (χ4n) is 6.60. The van der Waals surface area contributed by atoms with Gasteiger partial charge in [-0.15, -0.1) is 0 Å². The Hall–Kier alpha value is -2.66. The van der Waals surface area contributed by atoms with Crippen LogP contribution in [0.1, 0.15) is 54.4 Å². The van der Waals surface area contributed by atoms with Crippen molar-refractivity contribution >= 4 is 0 Å². The first-order valence-corrected chi connectivity index (χ1v) is 14.8. The molecular weight excluding hydrogens is 480 g/mol. The fraction of sp³-hybridized carbons (Fsp3) is 0.486. The zero-order valence-corrected chi connectivity index (χ0v) is 24.1. The van der Waals surface area contributed by atoms with Crippen LogP contribution in [0.15, 0.2) is 78.9 Å². The lowest BCUT2D eigenvalue weighted by molar-refractivity contribution is 0.0439. The predicted molar refractivity (Wildman–Crippen MR) is 160 cm³/mol. The van der Waals surface area contributed by atoms with Crippen LogP contribution in [0.5, 0.6) is 5.75 Å². The molecule has 1 atom stereocenters. The van der Waals surface area contributed by atoms with E-state index in [1.807, 2.05) is 7.11 Å². The number of hydrogen-bond donors (Lipinski definition) is 0. The quantitative estimate of drug-likeness (QED) is 0.243. The first-order chi connectivity index (χ1) is 19.1. The Morgan fingerprint density at radius 2 is 1.49 bits per heavy atom. The maximum absolute atomic E-state index is 5.96. The van der Waals surface area contributed by atoms with Gasteiger partial charge in [-0.1, -0.05) is 66.7 Å². The maximum atomic E-state index is 5.96. The van der Waals surface area contributed by atoms with E-state index in [2.05, 4.69) is 95.6 Å². The van der Waals surface area contributed by atoms with Crippen molar-refractivity contribution in [3.63, 3.8) is 0 Å². The molecule has 0 spiro atoms. The van der Waals surface area contributed by atoms with E-state index in [-0.39, 0.29) is 11.5 Å². The Kier molecular flexibility index (Phi) is 9.39. The third-order valence-electron chi connectivity index (χ3n) is 9.00. The van der Waals surface area contributed by atoms with E-state index in [9.17, 15) is 0 Å². The fourth-order valence-corrected chi connectivity index (χ4v) is 6.60. The summed E-state index contributed by atoms with van der Waals surface area (Å²) in [5.74, 6) is 1.90. The monoisotopic (exact) mass is 526 g/mol. The van der Waals surface area contributed by atoms with Crippen molar-refractivity contribution in [1.82, 2.24) is 9.80 Å². The molecule has 0 radical (unpaired) electrons. The molecule has 2 aliphatic rings. The van der Waals surface area contributed by atoms with Crippen molar-refractivity contribution in [1.29, 1.82) is 0 Å². The summed E-state index contributed by atoms with van der Waals surface area (Å²) < 4.78 is 11.7. The highest BCUT2D eigenvalue weighted by molar-refractivity contribution is 5.41. The molecule has 3 aromatic carbocycles. The number of hydrogen-bond acceptors (Lipinski definition) is 4. The van der Waals surface area contributed by atoms with Crippen molar-refractivity contribution in [2.24, 2.45) is 5.92 Å². The van der Waals surface area contributed by atoms with Crippen LogP contribution in [0.25, 0.3) is 0 Å². The van der Waals surface area contributed by atoms with Gasteiger partial charge in [0.2, 0.25) is 0 Å². The largest absolute Gasteiger partial charge is 0.497 e. The topological polar surface area (TPSA) is 24.9 Å². The van der Waals surface area contributed by atoms with E-state index >= 15 is 0 Å². The molecule has 1 aliphatic heterocycles. The Balaban J connectivity index is 1.47. The van der Waals surface area contributed by atoms with Gasteiger partial charge in [0, 0.05) is 32.8 Å². The van der Waals surface area contributed by atoms with Crippen molar-refractivity contribution in [2.75, 3.05) is 40.5 Å². The van der Waals surface area contributed by atoms with Crippen LogP contribution >= 0.6 is 0 Å². The normalized spacial score (nSPS) is 18.3. The van der Waals surface area contributed by atoms with Crippen LogP contribution in [-0.4, -0.2) is 56.3 Å². The van der Waals surface area contributed by atoms with Crippen LogP contribution in [0.3, 0.4) is 0 Å². The summed E-state index contributed by atoms with van der Waals surface area (Å²) in [4.78, 5) is 5.38. The molecule has 5 rings (SSSR count). The van der Waals surface area contributed by atoms with Gasteiger partial charge in [-0.2, -0.15) is 0 Å². The van der Waals surface area contributed by atoms with Gasteiger partial charge in [-0.3, -0.25) is 4.90 Å². The van der Waals surface area contributed by atoms with E-state index in [1.165, 1.54) is 67.6 Å². The second-order valence-corrected chi connectivity index (χ2v) is 11.9. The molecule has 208 valence electrons. The van der Waals surface area contributed by atoms with E-state index in [4.69, 9.17) is 9.47 Å². The number of aryl methyl sites for hydroxylation is 1. The summed E-state index contributed by atoms with van der Waals surface area (Å²) in [6.07, 6.45) is 6.27. The average molecular weight is 527 g/mol. The molecule has 1 saturated heterocycles. The maximum Gasteiger partial charge on any atom is 0.119 e. The molecule has 1 aliphatic carbocycles. The van der Waals surface area contributed by atoms with Gasteiger partial charge in [0.25, 0.3) is 0 Å². The minimum Gasteiger partial charge on any atom is -0.497 e. The highest BCUT2D eigenvalue weighted by Crippen LogP contribution is 2.44. The van der Waals surface area contributed by atoms with Crippen LogP contribution in [-0.2, 0) is 23.2 Å². The van der Waals surface area contributed by atoms with Crippen LogP contribution < -0.4 is 4.74 Å². The van der Waals surface area contributed by atoms with Gasteiger partial charge < -0.3 is 14.4 Å². The first kappa shape index (κ1) is 27.9. The predicted octanol–water partition coefficient (Wildman–Crippen LogP) is 6.85. The number of benzene rings is 3. The van der Waals surface area contributed by atoms with Gasteiger partial charge in [0.05, 0.1) is 13.7 Å². The number of likely N-dealkylation sites (tertiary alicyclic amines) is 1.